The summed E-state index contributed by atoms with van der Waals surface area (Å²) in [5.74, 6) is 0.750. The summed E-state index contributed by atoms with van der Waals surface area (Å²) in [5, 5.41) is 10.4. The third-order valence-electron chi connectivity index (χ3n) is 3.53. The van der Waals surface area contributed by atoms with E-state index in [1.54, 1.807) is 0 Å². The van der Waals surface area contributed by atoms with Gasteiger partial charge in [-0.05, 0) is 32.6 Å². The maximum Gasteiger partial charge on any atom is 0.0744 e. The molecular formula is C12H18O. The molecule has 2 aliphatic carbocycles. The van der Waals surface area contributed by atoms with E-state index in [4.69, 9.17) is 0 Å². The van der Waals surface area contributed by atoms with Crippen LogP contribution in [0.4, 0.5) is 0 Å². The third-order valence-corrected chi connectivity index (χ3v) is 3.53. The van der Waals surface area contributed by atoms with Crippen LogP contribution in [0.15, 0.2) is 24.3 Å². The Labute approximate surface area is 80.2 Å². The lowest BCUT2D eigenvalue weighted by Gasteiger charge is -2.34. The van der Waals surface area contributed by atoms with Crippen molar-refractivity contribution in [2.75, 3.05) is 0 Å². The molecule has 1 N–H and O–H groups in total. The van der Waals surface area contributed by atoms with E-state index in [0.717, 1.165) is 25.7 Å². The fourth-order valence-electron chi connectivity index (χ4n) is 2.51. The topological polar surface area (TPSA) is 20.2 Å². The molecule has 0 spiro atoms. The normalized spacial score (nSPS) is 36.8. The van der Waals surface area contributed by atoms with Crippen LogP contribution in [0, 0.1) is 11.8 Å². The number of hydrogen-bond donors (Lipinski definition) is 1. The minimum absolute atomic E-state index is 0.375. The van der Waals surface area contributed by atoms with Crippen LogP contribution in [-0.2, 0) is 0 Å². The minimum Gasteiger partial charge on any atom is -0.389 e. The molecule has 0 aromatic rings. The first-order valence-electron chi connectivity index (χ1n) is 5.27. The van der Waals surface area contributed by atoms with Crippen LogP contribution in [0.25, 0.3) is 0 Å². The van der Waals surface area contributed by atoms with E-state index in [0.29, 0.717) is 11.8 Å². The minimum atomic E-state index is -0.514. The van der Waals surface area contributed by atoms with Gasteiger partial charge in [0.1, 0.15) is 0 Å². The summed E-state index contributed by atoms with van der Waals surface area (Å²) in [6.07, 6.45) is 13.3. The highest BCUT2D eigenvalue weighted by atomic mass is 16.3. The number of aliphatic hydroxyl groups is 1. The van der Waals surface area contributed by atoms with Crippen molar-refractivity contribution in [3.05, 3.63) is 24.3 Å². The van der Waals surface area contributed by atoms with Gasteiger partial charge < -0.3 is 5.11 Å². The number of hydrogen-bond acceptors (Lipinski definition) is 1. The van der Waals surface area contributed by atoms with Crippen molar-refractivity contribution in [3.8, 4) is 0 Å². The summed E-state index contributed by atoms with van der Waals surface area (Å²) in [4.78, 5) is 0. The van der Waals surface area contributed by atoms with Gasteiger partial charge in [0.15, 0.2) is 0 Å². The molecule has 2 unspecified atom stereocenters. The second-order valence-electron chi connectivity index (χ2n) is 4.45. The Balaban J connectivity index is 2.09. The Bertz CT molecular complexity index is 214. The fourth-order valence-corrected chi connectivity index (χ4v) is 2.51. The summed E-state index contributed by atoms with van der Waals surface area (Å²) in [6.45, 7) is 1.99. The first-order valence-corrected chi connectivity index (χ1v) is 5.27. The van der Waals surface area contributed by atoms with Gasteiger partial charge in [-0.1, -0.05) is 24.3 Å². The first kappa shape index (κ1) is 9.01. The molecule has 0 aliphatic heterocycles. The Morgan fingerprint density at radius 2 is 1.54 bits per heavy atom. The van der Waals surface area contributed by atoms with E-state index in [1.807, 2.05) is 6.92 Å². The van der Waals surface area contributed by atoms with Crippen molar-refractivity contribution in [1.82, 2.24) is 0 Å². The lowest BCUT2D eigenvalue weighted by Crippen LogP contribution is -2.39. The highest BCUT2D eigenvalue weighted by Crippen LogP contribution is 2.38. The Hall–Kier alpha value is -0.560. The summed E-state index contributed by atoms with van der Waals surface area (Å²) in [5.41, 5.74) is -0.514. The van der Waals surface area contributed by atoms with Crippen LogP contribution in [-0.4, -0.2) is 10.7 Å². The molecule has 72 valence electrons. The number of rotatable bonds is 2. The van der Waals surface area contributed by atoms with Gasteiger partial charge in [0.05, 0.1) is 5.60 Å². The van der Waals surface area contributed by atoms with Crippen LogP contribution in [0.1, 0.15) is 32.6 Å². The van der Waals surface area contributed by atoms with Gasteiger partial charge in [0, 0.05) is 11.8 Å². The van der Waals surface area contributed by atoms with E-state index in [1.165, 1.54) is 0 Å². The Morgan fingerprint density at radius 1 is 1.08 bits per heavy atom. The molecule has 0 aromatic heterocycles. The molecule has 1 nitrogen and oxygen atoms in total. The average molecular weight is 178 g/mol. The predicted octanol–water partition coefficient (Wildman–Crippen LogP) is 2.67. The van der Waals surface area contributed by atoms with Crippen molar-refractivity contribution < 1.29 is 5.11 Å². The molecule has 0 saturated heterocycles. The van der Waals surface area contributed by atoms with Crippen LogP contribution in [0.2, 0.25) is 0 Å². The van der Waals surface area contributed by atoms with Gasteiger partial charge in [-0.25, -0.2) is 0 Å². The molecule has 0 amide bonds. The highest BCUT2D eigenvalue weighted by molar-refractivity contribution is 5.12. The lowest BCUT2D eigenvalue weighted by molar-refractivity contribution is -0.0208. The second kappa shape index (κ2) is 3.30. The molecule has 0 heterocycles. The predicted molar refractivity (Wildman–Crippen MR) is 54.4 cm³/mol. The largest absolute Gasteiger partial charge is 0.389 e. The van der Waals surface area contributed by atoms with Crippen LogP contribution < -0.4 is 0 Å². The van der Waals surface area contributed by atoms with Crippen molar-refractivity contribution in [2.45, 2.75) is 38.2 Å². The quantitative estimate of drug-likeness (QED) is 0.644. The third kappa shape index (κ3) is 1.58. The number of allylic oxidation sites excluding steroid dienone is 2. The van der Waals surface area contributed by atoms with Crippen LogP contribution >= 0.6 is 0 Å². The molecule has 0 aromatic carbocycles. The molecule has 2 aliphatic rings. The maximum absolute atomic E-state index is 10.4. The van der Waals surface area contributed by atoms with Crippen molar-refractivity contribution in [2.24, 2.45) is 11.8 Å². The highest BCUT2D eigenvalue weighted by Gasteiger charge is 2.38. The van der Waals surface area contributed by atoms with E-state index < -0.39 is 5.60 Å². The molecule has 2 atom stereocenters. The van der Waals surface area contributed by atoms with Gasteiger partial charge >= 0.3 is 0 Å². The van der Waals surface area contributed by atoms with Crippen LogP contribution in [0.5, 0.6) is 0 Å². The molecule has 0 saturated carbocycles. The van der Waals surface area contributed by atoms with Gasteiger partial charge in [-0.2, -0.15) is 0 Å². The monoisotopic (exact) mass is 178 g/mol. The fraction of sp³-hybridized carbons (Fsp3) is 0.667. The summed E-state index contributed by atoms with van der Waals surface area (Å²) in [7, 11) is 0. The van der Waals surface area contributed by atoms with Gasteiger partial charge in [-0.3, -0.25) is 0 Å². The van der Waals surface area contributed by atoms with Crippen molar-refractivity contribution in [1.29, 1.82) is 0 Å². The van der Waals surface area contributed by atoms with E-state index >= 15 is 0 Å². The molecule has 1 heteroatoms. The zero-order valence-electron chi connectivity index (χ0n) is 8.24. The van der Waals surface area contributed by atoms with Crippen LogP contribution in [0.3, 0.4) is 0 Å². The van der Waals surface area contributed by atoms with E-state index in [-0.39, 0.29) is 0 Å². The summed E-state index contributed by atoms with van der Waals surface area (Å²) < 4.78 is 0. The SMILES string of the molecule is CC(O)(C1C=CCC1)C1C=CCC1. The van der Waals surface area contributed by atoms with Gasteiger partial charge in [0.25, 0.3) is 0 Å². The van der Waals surface area contributed by atoms with Crippen molar-refractivity contribution in [3.63, 3.8) is 0 Å². The molecule has 13 heavy (non-hydrogen) atoms. The Kier molecular flexibility index (Phi) is 2.29. The zero-order chi connectivity index (χ0) is 9.31. The smallest absolute Gasteiger partial charge is 0.0744 e. The average Bonchev–Trinajstić information content (AvgIpc) is 2.78. The Morgan fingerprint density at radius 3 is 1.85 bits per heavy atom. The van der Waals surface area contributed by atoms with Gasteiger partial charge in [0.2, 0.25) is 0 Å². The zero-order valence-corrected chi connectivity index (χ0v) is 8.24. The lowest BCUT2D eigenvalue weighted by atomic mass is 9.78. The molecular weight excluding hydrogens is 160 g/mol. The second-order valence-corrected chi connectivity index (χ2v) is 4.45. The summed E-state index contributed by atoms with van der Waals surface area (Å²) in [6, 6.07) is 0. The van der Waals surface area contributed by atoms with E-state index in [2.05, 4.69) is 24.3 Å². The molecule has 0 bridgehead atoms. The molecule has 0 fully saturated rings. The maximum atomic E-state index is 10.4. The summed E-state index contributed by atoms with van der Waals surface area (Å²) >= 11 is 0. The van der Waals surface area contributed by atoms with Crippen molar-refractivity contribution >= 4 is 0 Å². The van der Waals surface area contributed by atoms with Gasteiger partial charge in [-0.15, -0.1) is 0 Å². The molecule has 2 rings (SSSR count). The first-order chi connectivity index (χ1) is 6.21. The standard InChI is InChI=1S/C12H18O/c1-12(13,10-6-2-3-7-10)11-8-4-5-9-11/h2,4,6,8,10-11,13H,3,5,7,9H2,1H3. The molecule has 0 radical (unpaired) electrons. The van der Waals surface area contributed by atoms with E-state index in [9.17, 15) is 5.11 Å².